The average molecular weight is 337 g/mol. The van der Waals surface area contributed by atoms with E-state index in [9.17, 15) is 4.79 Å². The maximum absolute atomic E-state index is 13.2. The minimum absolute atomic E-state index is 0.0156. The summed E-state index contributed by atoms with van der Waals surface area (Å²) in [5.41, 5.74) is 1.01. The van der Waals surface area contributed by atoms with Crippen molar-refractivity contribution in [3.63, 3.8) is 0 Å². The summed E-state index contributed by atoms with van der Waals surface area (Å²) < 4.78 is 0. The molecule has 6 nitrogen and oxygen atoms in total. The lowest BCUT2D eigenvalue weighted by molar-refractivity contribution is -0.136. The molecule has 0 saturated carbocycles. The van der Waals surface area contributed by atoms with Crippen molar-refractivity contribution in [3.8, 4) is 0 Å². The molecule has 6 heteroatoms. The molecular formula is C19H23N5O. The van der Waals surface area contributed by atoms with Crippen LogP contribution in [0.25, 0.3) is 0 Å². The maximum Gasteiger partial charge on any atom is 0.228 e. The molecule has 0 aromatic carbocycles. The van der Waals surface area contributed by atoms with Gasteiger partial charge in [-0.25, -0.2) is 9.97 Å². The fourth-order valence-electron chi connectivity index (χ4n) is 3.96. The number of likely N-dealkylation sites (tertiary alicyclic amines) is 1. The molecule has 1 amide bonds. The lowest BCUT2D eigenvalue weighted by Gasteiger charge is -2.35. The van der Waals surface area contributed by atoms with Crippen LogP contribution in [0.3, 0.4) is 0 Å². The van der Waals surface area contributed by atoms with Gasteiger partial charge in [0, 0.05) is 38.2 Å². The number of hydrogen-bond acceptors (Lipinski definition) is 5. The Labute approximate surface area is 147 Å². The highest BCUT2D eigenvalue weighted by molar-refractivity contribution is 5.80. The van der Waals surface area contributed by atoms with Gasteiger partial charge < -0.3 is 9.80 Å². The molecule has 2 aliphatic heterocycles. The van der Waals surface area contributed by atoms with Crippen LogP contribution in [0.4, 0.5) is 5.95 Å². The molecule has 2 aromatic heterocycles. The summed E-state index contributed by atoms with van der Waals surface area (Å²) in [6, 6.07) is 7.89. The van der Waals surface area contributed by atoms with Crippen molar-refractivity contribution >= 4 is 11.9 Å². The Balaban J connectivity index is 1.48. The summed E-state index contributed by atoms with van der Waals surface area (Å²) in [4.78, 5) is 30.5. The van der Waals surface area contributed by atoms with Gasteiger partial charge in [-0.2, -0.15) is 0 Å². The molecule has 2 aromatic rings. The Morgan fingerprint density at radius 2 is 1.76 bits per heavy atom. The van der Waals surface area contributed by atoms with Gasteiger partial charge in [-0.3, -0.25) is 9.78 Å². The molecule has 0 radical (unpaired) electrons. The Morgan fingerprint density at radius 1 is 0.960 bits per heavy atom. The average Bonchev–Trinajstić information content (AvgIpc) is 3.19. The predicted molar refractivity (Wildman–Crippen MR) is 94.9 cm³/mol. The van der Waals surface area contributed by atoms with Crippen LogP contribution in [0, 0.1) is 5.92 Å². The van der Waals surface area contributed by atoms with Gasteiger partial charge in [0.1, 0.15) is 0 Å². The molecule has 0 bridgehead atoms. The Hall–Kier alpha value is -2.50. The van der Waals surface area contributed by atoms with Crippen molar-refractivity contribution in [2.24, 2.45) is 5.92 Å². The van der Waals surface area contributed by atoms with Gasteiger partial charge in [0.2, 0.25) is 11.9 Å². The molecule has 130 valence electrons. The van der Waals surface area contributed by atoms with E-state index in [1.807, 2.05) is 35.4 Å². The molecule has 4 rings (SSSR count). The molecule has 0 N–H and O–H groups in total. The SMILES string of the molecule is O=C(C1CCCN(c2ncccn2)C1)N1CCCC1c1ccccn1. The summed E-state index contributed by atoms with van der Waals surface area (Å²) in [5.74, 6) is 0.998. The molecular weight excluding hydrogens is 314 g/mol. The first kappa shape index (κ1) is 16.0. The van der Waals surface area contributed by atoms with Crippen molar-refractivity contribution in [1.29, 1.82) is 0 Å². The van der Waals surface area contributed by atoms with E-state index in [1.165, 1.54) is 0 Å². The lowest BCUT2D eigenvalue weighted by atomic mass is 9.96. The number of piperidine rings is 1. The normalized spacial score (nSPS) is 23.7. The van der Waals surface area contributed by atoms with E-state index in [0.29, 0.717) is 6.54 Å². The third-order valence-corrected chi connectivity index (χ3v) is 5.17. The van der Waals surface area contributed by atoms with Gasteiger partial charge in [0.15, 0.2) is 0 Å². The zero-order chi connectivity index (χ0) is 17.1. The Bertz CT molecular complexity index is 708. The minimum Gasteiger partial charge on any atom is -0.340 e. The van der Waals surface area contributed by atoms with Crippen LogP contribution in [-0.4, -0.2) is 45.4 Å². The maximum atomic E-state index is 13.2. The Morgan fingerprint density at radius 3 is 2.56 bits per heavy atom. The molecule has 2 unspecified atom stereocenters. The third kappa shape index (κ3) is 3.34. The summed E-state index contributed by atoms with van der Waals surface area (Å²) in [6.45, 7) is 2.45. The van der Waals surface area contributed by atoms with Crippen molar-refractivity contribution in [1.82, 2.24) is 19.9 Å². The molecule has 2 fully saturated rings. The summed E-state index contributed by atoms with van der Waals surface area (Å²) in [7, 11) is 0. The zero-order valence-corrected chi connectivity index (χ0v) is 14.3. The number of rotatable bonds is 3. The second-order valence-electron chi connectivity index (χ2n) is 6.78. The Kier molecular flexibility index (Phi) is 4.59. The summed E-state index contributed by atoms with van der Waals surface area (Å²) in [5, 5.41) is 0. The smallest absolute Gasteiger partial charge is 0.228 e. The van der Waals surface area contributed by atoms with Crippen molar-refractivity contribution in [3.05, 3.63) is 48.5 Å². The number of aromatic nitrogens is 3. The third-order valence-electron chi connectivity index (χ3n) is 5.17. The van der Waals surface area contributed by atoms with E-state index in [2.05, 4.69) is 19.9 Å². The lowest BCUT2D eigenvalue weighted by Crippen LogP contribution is -2.45. The van der Waals surface area contributed by atoms with E-state index in [1.54, 1.807) is 12.4 Å². The molecule has 2 aliphatic rings. The van der Waals surface area contributed by atoms with Gasteiger partial charge in [-0.1, -0.05) is 6.07 Å². The zero-order valence-electron chi connectivity index (χ0n) is 14.3. The standard InChI is InChI=1S/C19H23N5O/c25-18(24-13-4-8-17(24)16-7-1-2-9-20-16)15-6-3-12-23(14-15)19-21-10-5-11-22-19/h1-2,5,7,9-11,15,17H,3-4,6,8,12-14H2. The quantitative estimate of drug-likeness (QED) is 0.861. The van der Waals surface area contributed by atoms with E-state index < -0.39 is 0 Å². The van der Waals surface area contributed by atoms with Crippen molar-refractivity contribution in [2.45, 2.75) is 31.7 Å². The van der Waals surface area contributed by atoms with Gasteiger partial charge in [-0.05, 0) is 43.9 Å². The highest BCUT2D eigenvalue weighted by Crippen LogP contribution is 2.33. The summed E-state index contributed by atoms with van der Waals surface area (Å²) in [6.07, 6.45) is 9.30. The van der Waals surface area contributed by atoms with Crippen LogP contribution < -0.4 is 4.90 Å². The van der Waals surface area contributed by atoms with Gasteiger partial charge in [-0.15, -0.1) is 0 Å². The van der Waals surface area contributed by atoms with Gasteiger partial charge in [0.05, 0.1) is 17.7 Å². The van der Waals surface area contributed by atoms with Crippen LogP contribution >= 0.6 is 0 Å². The largest absolute Gasteiger partial charge is 0.340 e. The second kappa shape index (κ2) is 7.17. The van der Waals surface area contributed by atoms with E-state index in [0.717, 1.165) is 50.4 Å². The number of hydrogen-bond donors (Lipinski definition) is 0. The number of anilines is 1. The topological polar surface area (TPSA) is 62.2 Å². The van der Waals surface area contributed by atoms with Gasteiger partial charge in [0.25, 0.3) is 0 Å². The highest BCUT2D eigenvalue weighted by atomic mass is 16.2. The van der Waals surface area contributed by atoms with Crippen LogP contribution in [0.1, 0.15) is 37.4 Å². The fourth-order valence-corrected chi connectivity index (χ4v) is 3.96. The van der Waals surface area contributed by atoms with E-state index in [4.69, 9.17) is 0 Å². The molecule has 2 atom stereocenters. The number of nitrogens with zero attached hydrogens (tertiary/aromatic N) is 5. The number of pyridine rings is 1. The second-order valence-corrected chi connectivity index (χ2v) is 6.78. The fraction of sp³-hybridized carbons (Fsp3) is 0.474. The molecule has 4 heterocycles. The van der Waals surface area contributed by atoms with Crippen molar-refractivity contribution < 1.29 is 4.79 Å². The van der Waals surface area contributed by atoms with Crippen molar-refractivity contribution in [2.75, 3.05) is 24.5 Å². The molecule has 2 saturated heterocycles. The highest BCUT2D eigenvalue weighted by Gasteiger charge is 2.36. The molecule has 0 spiro atoms. The number of carbonyl (C=O) groups is 1. The van der Waals surface area contributed by atoms with E-state index in [-0.39, 0.29) is 17.9 Å². The molecule has 25 heavy (non-hydrogen) atoms. The van der Waals surface area contributed by atoms with Gasteiger partial charge >= 0.3 is 0 Å². The first-order valence-electron chi connectivity index (χ1n) is 9.06. The first-order chi connectivity index (χ1) is 12.3. The first-order valence-corrected chi connectivity index (χ1v) is 9.06. The van der Waals surface area contributed by atoms with Crippen LogP contribution in [0.5, 0.6) is 0 Å². The predicted octanol–water partition coefficient (Wildman–Crippen LogP) is 2.45. The number of amides is 1. The summed E-state index contributed by atoms with van der Waals surface area (Å²) >= 11 is 0. The minimum atomic E-state index is 0.0156. The monoisotopic (exact) mass is 337 g/mol. The van der Waals surface area contributed by atoms with Crippen LogP contribution in [0.2, 0.25) is 0 Å². The number of carbonyl (C=O) groups excluding carboxylic acids is 1. The molecule has 0 aliphatic carbocycles. The van der Waals surface area contributed by atoms with Crippen LogP contribution in [0.15, 0.2) is 42.9 Å². The van der Waals surface area contributed by atoms with E-state index >= 15 is 0 Å². The van der Waals surface area contributed by atoms with Crippen LogP contribution in [-0.2, 0) is 4.79 Å².